The van der Waals surface area contributed by atoms with E-state index >= 15 is 0 Å². The number of anilines is 1. The van der Waals surface area contributed by atoms with E-state index in [1.807, 2.05) is 30.3 Å². The van der Waals surface area contributed by atoms with Crippen molar-refractivity contribution in [1.82, 2.24) is 14.1 Å². The van der Waals surface area contributed by atoms with Crippen molar-refractivity contribution in [2.75, 3.05) is 12.4 Å². The lowest BCUT2D eigenvalue weighted by atomic mass is 10.2. The number of pyridine rings is 1. The maximum atomic E-state index is 13.2. The summed E-state index contributed by atoms with van der Waals surface area (Å²) in [6, 6.07) is 19.3. The summed E-state index contributed by atoms with van der Waals surface area (Å²) in [5, 5.41) is 3.02. The number of hydrogen-bond acceptors (Lipinski definition) is 5. The van der Waals surface area contributed by atoms with Crippen LogP contribution in [0, 0.1) is 0 Å². The number of carbonyl (C=O) groups is 1. The Morgan fingerprint density at radius 1 is 0.968 bits per heavy atom. The summed E-state index contributed by atoms with van der Waals surface area (Å²) in [6.45, 7) is -0.184. The van der Waals surface area contributed by atoms with Crippen LogP contribution >= 0.6 is 0 Å². The Labute approximate surface area is 177 Å². The smallest absolute Gasteiger partial charge is 0.333 e. The molecular weight excluding hydrogens is 396 g/mol. The Morgan fingerprint density at radius 2 is 1.71 bits per heavy atom. The minimum Gasteiger partial charge on any atom is -0.497 e. The molecule has 1 amide bonds. The van der Waals surface area contributed by atoms with Gasteiger partial charge in [-0.3, -0.25) is 18.7 Å². The molecule has 0 saturated heterocycles. The fraction of sp³-hybridized carbons (Fsp3) is 0.130. The first kappa shape index (κ1) is 20.1. The third kappa shape index (κ3) is 4.23. The quantitative estimate of drug-likeness (QED) is 0.520. The number of hydrogen-bond donors (Lipinski definition) is 1. The van der Waals surface area contributed by atoms with Crippen LogP contribution in [0.5, 0.6) is 5.75 Å². The molecule has 0 unspecified atom stereocenters. The van der Waals surface area contributed by atoms with Gasteiger partial charge >= 0.3 is 5.69 Å². The molecule has 0 radical (unpaired) electrons. The Balaban J connectivity index is 1.71. The van der Waals surface area contributed by atoms with E-state index in [-0.39, 0.29) is 24.1 Å². The average molecular weight is 416 g/mol. The van der Waals surface area contributed by atoms with Gasteiger partial charge in [-0.1, -0.05) is 30.3 Å². The van der Waals surface area contributed by atoms with Crippen LogP contribution in [0.25, 0.3) is 11.0 Å². The molecule has 2 aromatic carbocycles. The molecule has 0 fully saturated rings. The largest absolute Gasteiger partial charge is 0.497 e. The van der Waals surface area contributed by atoms with Crippen LogP contribution in [0.15, 0.2) is 82.5 Å². The van der Waals surface area contributed by atoms with Gasteiger partial charge in [0.1, 0.15) is 17.9 Å². The highest BCUT2D eigenvalue weighted by molar-refractivity contribution is 5.91. The second-order valence-electron chi connectivity index (χ2n) is 6.90. The summed E-state index contributed by atoms with van der Waals surface area (Å²) in [4.78, 5) is 43.0. The van der Waals surface area contributed by atoms with Gasteiger partial charge in [-0.05, 0) is 42.0 Å². The number of aromatic nitrogens is 3. The number of benzene rings is 2. The monoisotopic (exact) mass is 416 g/mol. The van der Waals surface area contributed by atoms with Crippen molar-refractivity contribution in [3.05, 3.63) is 99.3 Å². The molecule has 8 heteroatoms. The number of amides is 1. The number of rotatable bonds is 6. The highest BCUT2D eigenvalue weighted by Crippen LogP contribution is 2.15. The van der Waals surface area contributed by atoms with E-state index in [4.69, 9.17) is 4.74 Å². The zero-order valence-electron chi connectivity index (χ0n) is 16.8. The maximum absolute atomic E-state index is 13.2. The zero-order valence-corrected chi connectivity index (χ0v) is 16.8. The Kier molecular flexibility index (Phi) is 5.61. The van der Waals surface area contributed by atoms with E-state index in [1.165, 1.54) is 10.8 Å². The predicted octanol–water partition coefficient (Wildman–Crippen LogP) is 2.25. The third-order valence-electron chi connectivity index (χ3n) is 4.84. The first-order valence-electron chi connectivity index (χ1n) is 9.63. The molecule has 0 spiro atoms. The summed E-state index contributed by atoms with van der Waals surface area (Å²) in [6.07, 6.45) is 1.49. The van der Waals surface area contributed by atoms with Crippen LogP contribution in [-0.2, 0) is 17.9 Å². The lowest BCUT2D eigenvalue weighted by molar-refractivity contribution is -0.116. The van der Waals surface area contributed by atoms with Gasteiger partial charge in [0.05, 0.1) is 19.0 Å². The fourth-order valence-electron chi connectivity index (χ4n) is 3.31. The van der Waals surface area contributed by atoms with Crippen LogP contribution < -0.4 is 21.3 Å². The number of ether oxygens (including phenoxy) is 1. The molecule has 0 atom stereocenters. The summed E-state index contributed by atoms with van der Waals surface area (Å²) >= 11 is 0. The van der Waals surface area contributed by atoms with Gasteiger partial charge in [0.15, 0.2) is 0 Å². The number of carbonyl (C=O) groups excluding carboxylic acids is 1. The maximum Gasteiger partial charge on any atom is 0.333 e. The van der Waals surface area contributed by atoms with E-state index in [0.717, 1.165) is 10.1 Å². The molecule has 1 N–H and O–H groups in total. The van der Waals surface area contributed by atoms with Gasteiger partial charge in [-0.2, -0.15) is 0 Å². The Bertz CT molecular complexity index is 1340. The first-order chi connectivity index (χ1) is 15.1. The number of methoxy groups -OCH3 is 1. The van der Waals surface area contributed by atoms with Crippen LogP contribution in [0.3, 0.4) is 0 Å². The average Bonchev–Trinajstić information content (AvgIpc) is 2.80. The van der Waals surface area contributed by atoms with Crippen molar-refractivity contribution in [1.29, 1.82) is 0 Å². The second kappa shape index (κ2) is 8.66. The lowest BCUT2D eigenvalue weighted by Crippen LogP contribution is -2.42. The van der Waals surface area contributed by atoms with Crippen LogP contribution in [-0.4, -0.2) is 27.1 Å². The second-order valence-corrected chi connectivity index (χ2v) is 6.90. The van der Waals surface area contributed by atoms with E-state index in [2.05, 4.69) is 10.3 Å². The summed E-state index contributed by atoms with van der Waals surface area (Å²) in [7, 11) is 1.56. The molecule has 2 aromatic heterocycles. The lowest BCUT2D eigenvalue weighted by Gasteiger charge is -2.13. The third-order valence-corrected chi connectivity index (χ3v) is 4.84. The number of nitrogens with one attached hydrogen (secondary N) is 1. The van der Waals surface area contributed by atoms with E-state index < -0.39 is 17.2 Å². The summed E-state index contributed by atoms with van der Waals surface area (Å²) in [5.74, 6) is 0.251. The van der Waals surface area contributed by atoms with Crippen molar-refractivity contribution in [3.8, 4) is 5.75 Å². The van der Waals surface area contributed by atoms with E-state index in [0.29, 0.717) is 11.4 Å². The summed E-state index contributed by atoms with van der Waals surface area (Å²) < 4.78 is 7.45. The molecule has 0 aliphatic rings. The molecule has 0 saturated carbocycles. The topological polar surface area (TPSA) is 95.2 Å². The van der Waals surface area contributed by atoms with Crippen molar-refractivity contribution < 1.29 is 9.53 Å². The van der Waals surface area contributed by atoms with E-state index in [9.17, 15) is 14.4 Å². The fourth-order valence-corrected chi connectivity index (χ4v) is 3.31. The van der Waals surface area contributed by atoms with Crippen LogP contribution in [0.1, 0.15) is 5.56 Å². The zero-order chi connectivity index (χ0) is 21.8. The van der Waals surface area contributed by atoms with Gasteiger partial charge in [-0.25, -0.2) is 9.78 Å². The molecule has 31 heavy (non-hydrogen) atoms. The summed E-state index contributed by atoms with van der Waals surface area (Å²) in [5.41, 5.74) is 0.508. The SMILES string of the molecule is COc1ccc(NC(=O)Cn2c(=O)n(Cc3ccccc3)c(=O)c3cccnc32)cc1. The molecule has 156 valence electrons. The molecule has 4 aromatic rings. The minimum atomic E-state index is -0.593. The molecule has 4 rings (SSSR count). The van der Waals surface area contributed by atoms with Crippen molar-refractivity contribution in [2.45, 2.75) is 13.1 Å². The molecular formula is C23H20N4O4. The predicted molar refractivity (Wildman–Crippen MR) is 117 cm³/mol. The number of fused-ring (bicyclic) bond motifs is 1. The molecule has 0 aliphatic carbocycles. The molecule has 8 nitrogen and oxygen atoms in total. The van der Waals surface area contributed by atoms with Gasteiger partial charge in [0.25, 0.3) is 5.56 Å². The van der Waals surface area contributed by atoms with Crippen molar-refractivity contribution in [2.24, 2.45) is 0 Å². The van der Waals surface area contributed by atoms with Crippen molar-refractivity contribution >= 4 is 22.6 Å². The standard InChI is InChI=1S/C23H20N4O4/c1-31-18-11-9-17(10-12-18)25-20(28)15-26-21-19(8-5-13-24-21)22(29)27(23(26)30)14-16-6-3-2-4-7-16/h2-13H,14-15H2,1H3,(H,25,28). The van der Waals surface area contributed by atoms with Gasteiger partial charge < -0.3 is 10.1 Å². The highest BCUT2D eigenvalue weighted by atomic mass is 16.5. The minimum absolute atomic E-state index is 0.101. The van der Waals surface area contributed by atoms with Crippen LogP contribution in [0.2, 0.25) is 0 Å². The van der Waals surface area contributed by atoms with Gasteiger partial charge in [0.2, 0.25) is 5.91 Å². The highest BCUT2D eigenvalue weighted by Gasteiger charge is 2.16. The normalized spacial score (nSPS) is 10.7. The Morgan fingerprint density at radius 3 is 2.42 bits per heavy atom. The van der Waals surface area contributed by atoms with Crippen molar-refractivity contribution in [3.63, 3.8) is 0 Å². The molecule has 2 heterocycles. The molecule has 0 aliphatic heterocycles. The van der Waals surface area contributed by atoms with Crippen LogP contribution in [0.4, 0.5) is 5.69 Å². The Hall–Kier alpha value is -4.20. The van der Waals surface area contributed by atoms with E-state index in [1.54, 1.807) is 43.5 Å². The van der Waals surface area contributed by atoms with Gasteiger partial charge in [0, 0.05) is 11.9 Å². The number of nitrogens with zero attached hydrogens (tertiary/aromatic N) is 3. The van der Waals surface area contributed by atoms with Gasteiger partial charge in [-0.15, -0.1) is 0 Å². The molecule has 0 bridgehead atoms. The first-order valence-corrected chi connectivity index (χ1v) is 9.63.